The SMILES string of the molecule is CC(=O)N1CCSc2ccc(S(=O)(=O)Nc3cccc(F)c3)cc21. The molecule has 1 N–H and O–H groups in total. The summed E-state index contributed by atoms with van der Waals surface area (Å²) in [6.07, 6.45) is 0. The number of benzene rings is 2. The summed E-state index contributed by atoms with van der Waals surface area (Å²) in [6, 6.07) is 9.88. The molecule has 0 unspecified atom stereocenters. The van der Waals surface area contributed by atoms with Crippen LogP contribution in [0.25, 0.3) is 0 Å². The molecule has 3 rings (SSSR count). The molecule has 2 aromatic carbocycles. The number of anilines is 2. The van der Waals surface area contributed by atoms with Gasteiger partial charge in [-0.15, -0.1) is 11.8 Å². The van der Waals surface area contributed by atoms with Gasteiger partial charge in [-0.05, 0) is 36.4 Å². The number of nitrogens with zero attached hydrogens (tertiary/aromatic N) is 1. The van der Waals surface area contributed by atoms with Crippen molar-refractivity contribution in [1.29, 1.82) is 0 Å². The van der Waals surface area contributed by atoms with Crippen molar-refractivity contribution in [2.24, 2.45) is 0 Å². The van der Waals surface area contributed by atoms with Crippen LogP contribution in [0.1, 0.15) is 6.92 Å². The van der Waals surface area contributed by atoms with Crippen molar-refractivity contribution in [1.82, 2.24) is 0 Å². The molecular formula is C16H15FN2O3S2. The maximum absolute atomic E-state index is 13.2. The molecule has 1 amide bonds. The molecule has 1 aliphatic rings. The lowest BCUT2D eigenvalue weighted by Crippen LogP contribution is -2.33. The van der Waals surface area contributed by atoms with Gasteiger partial charge in [0.05, 0.1) is 16.3 Å². The van der Waals surface area contributed by atoms with E-state index in [2.05, 4.69) is 4.72 Å². The number of fused-ring (bicyclic) bond motifs is 1. The van der Waals surface area contributed by atoms with Crippen molar-refractivity contribution < 1.29 is 17.6 Å². The number of halogens is 1. The molecule has 0 fully saturated rings. The van der Waals surface area contributed by atoms with Gasteiger partial charge in [-0.25, -0.2) is 12.8 Å². The first-order chi connectivity index (χ1) is 11.4. The number of carbonyl (C=O) groups is 1. The highest BCUT2D eigenvalue weighted by Gasteiger charge is 2.24. The van der Waals surface area contributed by atoms with E-state index < -0.39 is 15.8 Å². The molecule has 5 nitrogen and oxygen atoms in total. The molecule has 0 aliphatic carbocycles. The zero-order valence-electron chi connectivity index (χ0n) is 12.8. The van der Waals surface area contributed by atoms with E-state index in [1.54, 1.807) is 22.7 Å². The van der Waals surface area contributed by atoms with Gasteiger partial charge < -0.3 is 4.90 Å². The van der Waals surface area contributed by atoms with E-state index in [0.717, 1.165) is 16.7 Å². The van der Waals surface area contributed by atoms with Gasteiger partial charge in [0, 0.05) is 24.1 Å². The third-order valence-corrected chi connectivity index (χ3v) is 5.98. The molecule has 2 aromatic rings. The molecule has 1 heterocycles. The molecule has 0 saturated heterocycles. The molecule has 0 bridgehead atoms. The number of hydrogen-bond donors (Lipinski definition) is 1. The number of thioether (sulfide) groups is 1. The second-order valence-corrected chi connectivity index (χ2v) is 8.08. The topological polar surface area (TPSA) is 66.5 Å². The van der Waals surface area contributed by atoms with Gasteiger partial charge in [-0.3, -0.25) is 9.52 Å². The Labute approximate surface area is 143 Å². The Hall–Kier alpha value is -2.06. The van der Waals surface area contributed by atoms with Gasteiger partial charge in [0.2, 0.25) is 5.91 Å². The molecule has 126 valence electrons. The average Bonchev–Trinajstić information content (AvgIpc) is 2.53. The van der Waals surface area contributed by atoms with Crippen molar-refractivity contribution in [2.75, 3.05) is 21.9 Å². The second-order valence-electron chi connectivity index (χ2n) is 5.26. The minimum atomic E-state index is -3.88. The summed E-state index contributed by atoms with van der Waals surface area (Å²) in [4.78, 5) is 14.2. The largest absolute Gasteiger partial charge is 0.311 e. The number of amides is 1. The van der Waals surface area contributed by atoms with Crippen LogP contribution < -0.4 is 9.62 Å². The highest BCUT2D eigenvalue weighted by molar-refractivity contribution is 7.99. The number of sulfonamides is 1. The van der Waals surface area contributed by atoms with Gasteiger partial charge in [0.15, 0.2) is 0 Å². The molecule has 24 heavy (non-hydrogen) atoms. The number of nitrogens with one attached hydrogen (secondary N) is 1. The summed E-state index contributed by atoms with van der Waals surface area (Å²) in [7, 11) is -3.88. The fourth-order valence-corrected chi connectivity index (χ4v) is 4.50. The predicted molar refractivity (Wildman–Crippen MR) is 92.4 cm³/mol. The minimum Gasteiger partial charge on any atom is -0.311 e. The van der Waals surface area contributed by atoms with Crippen LogP contribution in [0.5, 0.6) is 0 Å². The first-order valence-corrected chi connectivity index (χ1v) is 9.67. The van der Waals surface area contributed by atoms with Gasteiger partial charge >= 0.3 is 0 Å². The predicted octanol–water partition coefficient (Wildman–Crippen LogP) is 3.09. The van der Waals surface area contributed by atoms with E-state index in [1.165, 1.54) is 37.3 Å². The molecule has 1 aliphatic heterocycles. The number of rotatable bonds is 3. The Morgan fingerprint density at radius 2 is 2.04 bits per heavy atom. The van der Waals surface area contributed by atoms with Gasteiger partial charge in [-0.1, -0.05) is 6.07 Å². The Morgan fingerprint density at radius 1 is 1.25 bits per heavy atom. The normalized spacial score (nSPS) is 14.2. The van der Waals surface area contributed by atoms with Crippen LogP contribution in [0.2, 0.25) is 0 Å². The van der Waals surface area contributed by atoms with Crippen molar-refractivity contribution >= 4 is 39.1 Å². The Kier molecular flexibility index (Phi) is 4.51. The standard InChI is InChI=1S/C16H15FN2O3S2/c1-11(20)19-7-8-23-16-6-5-14(10-15(16)19)24(21,22)18-13-4-2-3-12(17)9-13/h2-6,9-10,18H,7-8H2,1H3. The maximum atomic E-state index is 13.2. The number of carbonyl (C=O) groups excluding carboxylic acids is 1. The molecule has 0 spiro atoms. The summed E-state index contributed by atoms with van der Waals surface area (Å²) in [5.41, 5.74) is 0.728. The second kappa shape index (κ2) is 6.45. The first-order valence-electron chi connectivity index (χ1n) is 7.20. The summed E-state index contributed by atoms with van der Waals surface area (Å²) < 4.78 is 40.6. The lowest BCUT2D eigenvalue weighted by Gasteiger charge is -2.28. The van der Waals surface area contributed by atoms with Crippen LogP contribution in [0.3, 0.4) is 0 Å². The first kappa shape index (κ1) is 16.8. The third kappa shape index (κ3) is 3.39. The summed E-state index contributed by atoms with van der Waals surface area (Å²) in [5.74, 6) is 0.101. The van der Waals surface area contributed by atoms with E-state index in [4.69, 9.17) is 0 Å². The zero-order chi connectivity index (χ0) is 17.3. The van der Waals surface area contributed by atoms with E-state index in [0.29, 0.717) is 12.2 Å². The molecular weight excluding hydrogens is 351 g/mol. The van der Waals surface area contributed by atoms with Gasteiger partial charge in [-0.2, -0.15) is 0 Å². The monoisotopic (exact) mass is 366 g/mol. The molecule has 0 atom stereocenters. The maximum Gasteiger partial charge on any atom is 0.261 e. The van der Waals surface area contributed by atoms with Crippen LogP contribution in [0.4, 0.5) is 15.8 Å². The van der Waals surface area contributed by atoms with Crippen molar-refractivity contribution in [3.05, 3.63) is 48.3 Å². The lowest BCUT2D eigenvalue weighted by atomic mass is 10.2. The Morgan fingerprint density at radius 3 is 2.75 bits per heavy atom. The average molecular weight is 366 g/mol. The van der Waals surface area contributed by atoms with E-state index in [1.807, 2.05) is 0 Å². The van der Waals surface area contributed by atoms with Gasteiger partial charge in [0.25, 0.3) is 10.0 Å². The van der Waals surface area contributed by atoms with Crippen molar-refractivity contribution in [3.8, 4) is 0 Å². The highest BCUT2D eigenvalue weighted by atomic mass is 32.2. The molecule has 8 heteroatoms. The van der Waals surface area contributed by atoms with Crippen molar-refractivity contribution in [3.63, 3.8) is 0 Å². The minimum absolute atomic E-state index is 0.0271. The van der Waals surface area contributed by atoms with E-state index >= 15 is 0 Å². The van der Waals surface area contributed by atoms with E-state index in [9.17, 15) is 17.6 Å². The van der Waals surface area contributed by atoms with Crippen LogP contribution in [0, 0.1) is 5.82 Å². The van der Waals surface area contributed by atoms with Crippen molar-refractivity contribution in [2.45, 2.75) is 16.7 Å². The fraction of sp³-hybridized carbons (Fsp3) is 0.188. The highest BCUT2D eigenvalue weighted by Crippen LogP contribution is 2.36. The molecule has 0 saturated carbocycles. The summed E-state index contributed by atoms with van der Waals surface area (Å²) in [6.45, 7) is 1.99. The van der Waals surface area contributed by atoms with Crippen LogP contribution >= 0.6 is 11.8 Å². The zero-order valence-corrected chi connectivity index (χ0v) is 14.5. The summed E-state index contributed by atoms with van der Waals surface area (Å²) >= 11 is 1.58. The summed E-state index contributed by atoms with van der Waals surface area (Å²) in [5, 5.41) is 0. The lowest BCUT2D eigenvalue weighted by molar-refractivity contribution is -0.116. The Bertz CT molecular complexity index is 900. The fourth-order valence-electron chi connectivity index (χ4n) is 2.46. The smallest absolute Gasteiger partial charge is 0.261 e. The van der Waals surface area contributed by atoms with Crippen LogP contribution in [0.15, 0.2) is 52.3 Å². The number of hydrogen-bond acceptors (Lipinski definition) is 4. The van der Waals surface area contributed by atoms with Gasteiger partial charge in [0.1, 0.15) is 5.82 Å². The van der Waals surface area contributed by atoms with E-state index in [-0.39, 0.29) is 16.5 Å². The van der Waals surface area contributed by atoms with Crippen LogP contribution in [-0.2, 0) is 14.8 Å². The molecule has 0 radical (unpaired) electrons. The van der Waals surface area contributed by atoms with Crippen LogP contribution in [-0.4, -0.2) is 26.6 Å². The molecule has 0 aromatic heterocycles. The Balaban J connectivity index is 1.97. The third-order valence-electron chi connectivity index (χ3n) is 3.56. The quantitative estimate of drug-likeness (QED) is 0.907.